The Balaban J connectivity index is 1.69. The van der Waals surface area contributed by atoms with E-state index in [1.807, 2.05) is 36.4 Å². The highest BCUT2D eigenvalue weighted by Gasteiger charge is 2.33. The molecule has 0 spiro atoms. The molecule has 2 amide bonds. The molecule has 1 aliphatic carbocycles. The van der Waals surface area contributed by atoms with Crippen LogP contribution < -0.4 is 10.6 Å². The quantitative estimate of drug-likeness (QED) is 0.785. The molecule has 0 heterocycles. The Labute approximate surface area is 144 Å². The van der Waals surface area contributed by atoms with Crippen molar-refractivity contribution in [2.45, 2.75) is 38.8 Å². The van der Waals surface area contributed by atoms with E-state index >= 15 is 0 Å². The molecule has 2 atom stereocenters. The molecular weight excluding hydrogens is 296 g/mol. The maximum Gasteiger partial charge on any atom is 0.315 e. The summed E-state index contributed by atoms with van der Waals surface area (Å²) in [4.78, 5) is 12.6. The van der Waals surface area contributed by atoms with E-state index < -0.39 is 0 Å². The van der Waals surface area contributed by atoms with E-state index in [4.69, 9.17) is 0 Å². The van der Waals surface area contributed by atoms with Crippen molar-refractivity contribution in [3.05, 3.63) is 71.8 Å². The van der Waals surface area contributed by atoms with E-state index in [9.17, 15) is 4.79 Å². The van der Waals surface area contributed by atoms with Gasteiger partial charge < -0.3 is 10.6 Å². The van der Waals surface area contributed by atoms with Crippen LogP contribution in [0.25, 0.3) is 0 Å². The molecule has 0 aromatic heterocycles. The summed E-state index contributed by atoms with van der Waals surface area (Å²) in [6.07, 6.45) is 2.37. The number of benzene rings is 2. The number of urea groups is 1. The van der Waals surface area contributed by atoms with Crippen molar-refractivity contribution in [3.8, 4) is 0 Å². The molecule has 1 aliphatic rings. The van der Waals surface area contributed by atoms with Gasteiger partial charge in [-0.3, -0.25) is 0 Å². The topological polar surface area (TPSA) is 41.1 Å². The van der Waals surface area contributed by atoms with E-state index in [2.05, 4.69) is 48.7 Å². The molecule has 0 aliphatic heterocycles. The van der Waals surface area contributed by atoms with Crippen LogP contribution in [0, 0.1) is 11.8 Å². The number of hydrogen-bond acceptors (Lipinski definition) is 1. The minimum atomic E-state index is -0.0849. The number of nitrogens with one attached hydrogen (secondary N) is 2. The first-order valence-electron chi connectivity index (χ1n) is 8.82. The molecule has 2 aromatic carbocycles. The van der Waals surface area contributed by atoms with Crippen molar-refractivity contribution in [1.82, 2.24) is 10.6 Å². The molecule has 0 saturated heterocycles. The lowest BCUT2D eigenvalue weighted by atomic mass is 9.96. The van der Waals surface area contributed by atoms with Gasteiger partial charge in [0.1, 0.15) is 0 Å². The highest BCUT2D eigenvalue weighted by Crippen LogP contribution is 2.40. The molecule has 126 valence electrons. The van der Waals surface area contributed by atoms with Gasteiger partial charge >= 0.3 is 6.03 Å². The zero-order valence-corrected chi connectivity index (χ0v) is 14.4. The minimum Gasteiger partial charge on any atom is -0.331 e. The van der Waals surface area contributed by atoms with Crippen LogP contribution >= 0.6 is 0 Å². The average Bonchev–Trinajstić information content (AvgIpc) is 3.44. The van der Waals surface area contributed by atoms with Gasteiger partial charge in [-0.25, -0.2) is 4.79 Å². The van der Waals surface area contributed by atoms with Gasteiger partial charge in [0.15, 0.2) is 0 Å². The van der Waals surface area contributed by atoms with Gasteiger partial charge in [0.05, 0.1) is 12.1 Å². The highest BCUT2D eigenvalue weighted by atomic mass is 16.2. The summed E-state index contributed by atoms with van der Waals surface area (Å²) < 4.78 is 0. The maximum atomic E-state index is 12.6. The summed E-state index contributed by atoms with van der Waals surface area (Å²) in [6, 6.07) is 20.5. The molecule has 0 radical (unpaired) electrons. The Bertz CT molecular complexity index is 601. The summed E-state index contributed by atoms with van der Waals surface area (Å²) in [5.74, 6) is 0.890. The Kier molecular flexibility index (Phi) is 5.19. The Morgan fingerprint density at radius 1 is 0.875 bits per heavy atom. The van der Waals surface area contributed by atoms with Crippen molar-refractivity contribution < 1.29 is 4.79 Å². The van der Waals surface area contributed by atoms with Crippen molar-refractivity contribution in [2.24, 2.45) is 11.8 Å². The van der Waals surface area contributed by atoms with Crippen LogP contribution in [-0.2, 0) is 0 Å². The summed E-state index contributed by atoms with van der Waals surface area (Å²) in [7, 11) is 0. The van der Waals surface area contributed by atoms with Gasteiger partial charge in [-0.2, -0.15) is 0 Å². The molecule has 2 N–H and O–H groups in total. The van der Waals surface area contributed by atoms with E-state index in [1.54, 1.807) is 0 Å². The maximum absolute atomic E-state index is 12.6. The molecule has 3 heteroatoms. The summed E-state index contributed by atoms with van der Waals surface area (Å²) in [6.45, 7) is 4.26. The number of amides is 2. The van der Waals surface area contributed by atoms with E-state index in [-0.39, 0.29) is 18.1 Å². The fraction of sp³-hybridized carbons (Fsp3) is 0.381. The standard InChI is InChI=1S/C21H26N2O/c1-15(2)19(16-9-5-3-6-10-16)22-21(24)23-20(18-13-14-18)17-11-7-4-8-12-17/h3-12,15,18-20H,13-14H2,1-2H3,(H2,22,23,24)/t19-,20+/m0/s1. The van der Waals surface area contributed by atoms with E-state index in [0.29, 0.717) is 11.8 Å². The molecule has 2 aromatic rings. The Morgan fingerprint density at radius 3 is 1.92 bits per heavy atom. The first-order chi connectivity index (χ1) is 11.6. The monoisotopic (exact) mass is 322 g/mol. The molecule has 3 nitrogen and oxygen atoms in total. The number of carbonyl (C=O) groups excluding carboxylic acids is 1. The van der Waals surface area contributed by atoms with Crippen LogP contribution in [0.2, 0.25) is 0 Å². The van der Waals surface area contributed by atoms with Gasteiger partial charge in [-0.05, 0) is 35.8 Å². The van der Waals surface area contributed by atoms with Crippen molar-refractivity contribution >= 4 is 6.03 Å². The van der Waals surface area contributed by atoms with Gasteiger partial charge in [-0.1, -0.05) is 74.5 Å². The lowest BCUT2D eigenvalue weighted by Gasteiger charge is -2.25. The van der Waals surface area contributed by atoms with Gasteiger partial charge in [0.25, 0.3) is 0 Å². The van der Waals surface area contributed by atoms with Gasteiger partial charge in [0.2, 0.25) is 0 Å². The second kappa shape index (κ2) is 7.52. The summed E-state index contributed by atoms with van der Waals surface area (Å²) in [5.41, 5.74) is 2.33. The number of carbonyl (C=O) groups is 1. The van der Waals surface area contributed by atoms with Crippen LogP contribution in [0.1, 0.15) is 49.9 Å². The molecular formula is C21H26N2O. The SMILES string of the molecule is CC(C)[C@H](NC(=O)N[C@H](c1ccccc1)C1CC1)c1ccccc1. The van der Waals surface area contributed by atoms with Crippen LogP contribution in [0.5, 0.6) is 0 Å². The first kappa shape index (κ1) is 16.6. The molecule has 24 heavy (non-hydrogen) atoms. The molecule has 1 fully saturated rings. The van der Waals surface area contributed by atoms with Crippen LogP contribution in [0.15, 0.2) is 60.7 Å². The molecule has 3 rings (SSSR count). The smallest absolute Gasteiger partial charge is 0.315 e. The highest BCUT2D eigenvalue weighted by molar-refractivity contribution is 5.75. The van der Waals surface area contributed by atoms with Crippen LogP contribution in [0.3, 0.4) is 0 Å². The summed E-state index contributed by atoms with van der Waals surface area (Å²) >= 11 is 0. The number of hydrogen-bond donors (Lipinski definition) is 2. The van der Waals surface area contributed by atoms with Crippen molar-refractivity contribution in [1.29, 1.82) is 0 Å². The summed E-state index contributed by atoms with van der Waals surface area (Å²) in [5, 5.41) is 6.37. The molecule has 0 unspecified atom stereocenters. The van der Waals surface area contributed by atoms with E-state index in [1.165, 1.54) is 18.4 Å². The van der Waals surface area contributed by atoms with Crippen molar-refractivity contribution in [3.63, 3.8) is 0 Å². The number of rotatable bonds is 6. The lowest BCUT2D eigenvalue weighted by Crippen LogP contribution is -2.42. The largest absolute Gasteiger partial charge is 0.331 e. The fourth-order valence-corrected chi connectivity index (χ4v) is 3.18. The third kappa shape index (κ3) is 4.16. The molecule has 1 saturated carbocycles. The molecule has 0 bridgehead atoms. The average molecular weight is 322 g/mol. The van der Waals surface area contributed by atoms with Gasteiger partial charge in [0, 0.05) is 0 Å². The van der Waals surface area contributed by atoms with Crippen LogP contribution in [0.4, 0.5) is 4.79 Å². The van der Waals surface area contributed by atoms with Gasteiger partial charge in [-0.15, -0.1) is 0 Å². The zero-order valence-electron chi connectivity index (χ0n) is 14.4. The zero-order chi connectivity index (χ0) is 16.9. The lowest BCUT2D eigenvalue weighted by molar-refractivity contribution is 0.227. The predicted octanol–water partition coefficient (Wildman–Crippen LogP) is 4.83. The normalized spacial score (nSPS) is 16.5. The fourth-order valence-electron chi connectivity index (χ4n) is 3.18. The third-order valence-corrected chi connectivity index (χ3v) is 4.65. The Morgan fingerprint density at radius 2 is 1.42 bits per heavy atom. The second-order valence-electron chi connectivity index (χ2n) is 6.98. The van der Waals surface area contributed by atoms with Crippen molar-refractivity contribution in [2.75, 3.05) is 0 Å². The van der Waals surface area contributed by atoms with Crippen LogP contribution in [-0.4, -0.2) is 6.03 Å². The first-order valence-corrected chi connectivity index (χ1v) is 8.82. The minimum absolute atomic E-state index is 0.0156. The third-order valence-electron chi connectivity index (χ3n) is 4.65. The Hall–Kier alpha value is -2.29. The second-order valence-corrected chi connectivity index (χ2v) is 6.98. The predicted molar refractivity (Wildman–Crippen MR) is 97.6 cm³/mol. The van der Waals surface area contributed by atoms with E-state index in [0.717, 1.165) is 5.56 Å².